The Bertz CT molecular complexity index is 1290. The molecule has 1 aromatic heterocycles. The second-order valence-corrected chi connectivity index (χ2v) is 8.42. The maximum Gasteiger partial charge on any atom is 0.259 e. The number of carbonyl (C=O) groups excluding carboxylic acids is 3. The number of hydrogen-bond donors (Lipinski definition) is 2. The first-order valence-electron chi connectivity index (χ1n) is 10.0. The molecular formula is C23H19ClN4O4. The Kier molecular flexibility index (Phi) is 4.39. The third-order valence-corrected chi connectivity index (χ3v) is 6.54. The Balaban J connectivity index is 1.83. The molecule has 1 aliphatic carbocycles. The molecule has 9 heteroatoms. The minimum absolute atomic E-state index is 0.00321. The highest BCUT2D eigenvalue weighted by atomic mass is 35.5. The molecule has 1 fully saturated rings. The number of amides is 1. The Morgan fingerprint density at radius 1 is 1.19 bits per heavy atom. The summed E-state index contributed by atoms with van der Waals surface area (Å²) in [7, 11) is 1.76. The molecule has 1 aromatic carbocycles. The summed E-state index contributed by atoms with van der Waals surface area (Å²) in [4.78, 5) is 41.1. The Morgan fingerprint density at radius 2 is 1.91 bits per heavy atom. The molecule has 0 saturated carbocycles. The first kappa shape index (κ1) is 20.3. The molecule has 2 aliphatic heterocycles. The van der Waals surface area contributed by atoms with Crippen LogP contribution in [0.15, 0.2) is 64.3 Å². The first-order valence-corrected chi connectivity index (χ1v) is 10.4. The van der Waals surface area contributed by atoms with E-state index in [1.165, 1.54) is 6.08 Å². The molecule has 1 spiro atoms. The fourth-order valence-corrected chi connectivity index (χ4v) is 4.79. The van der Waals surface area contributed by atoms with Crippen molar-refractivity contribution in [2.75, 3.05) is 11.4 Å². The van der Waals surface area contributed by atoms with Crippen LogP contribution in [-0.4, -0.2) is 44.4 Å². The van der Waals surface area contributed by atoms with Crippen LogP contribution in [-0.2, 0) is 21.4 Å². The number of aromatic nitrogens is 2. The number of ketones is 2. The number of hydrogen-bond acceptors (Lipinski definition) is 6. The van der Waals surface area contributed by atoms with E-state index in [2.05, 4.69) is 10.4 Å². The van der Waals surface area contributed by atoms with Crippen molar-refractivity contribution >= 4 is 40.7 Å². The van der Waals surface area contributed by atoms with Crippen LogP contribution >= 0.6 is 11.6 Å². The summed E-state index contributed by atoms with van der Waals surface area (Å²) in [5.41, 5.74) is 0.175. The van der Waals surface area contributed by atoms with Gasteiger partial charge in [-0.05, 0) is 13.0 Å². The van der Waals surface area contributed by atoms with Gasteiger partial charge in [0.1, 0.15) is 5.76 Å². The average molecular weight is 451 g/mol. The van der Waals surface area contributed by atoms with Gasteiger partial charge in [-0.15, -0.1) is 0 Å². The van der Waals surface area contributed by atoms with Gasteiger partial charge < -0.3 is 15.3 Å². The van der Waals surface area contributed by atoms with Gasteiger partial charge in [0.05, 0.1) is 17.2 Å². The Morgan fingerprint density at radius 3 is 2.56 bits per heavy atom. The molecule has 162 valence electrons. The van der Waals surface area contributed by atoms with Gasteiger partial charge in [-0.2, -0.15) is 5.10 Å². The minimum atomic E-state index is -1.71. The molecule has 1 atom stereocenters. The lowest BCUT2D eigenvalue weighted by Crippen LogP contribution is -2.54. The lowest BCUT2D eigenvalue weighted by molar-refractivity contribution is -0.122. The highest BCUT2D eigenvalue weighted by molar-refractivity contribution is 6.43. The number of aliphatic hydroxyl groups is 1. The predicted molar refractivity (Wildman–Crippen MR) is 118 cm³/mol. The summed E-state index contributed by atoms with van der Waals surface area (Å²) in [6.45, 7) is 1.67. The first-order chi connectivity index (χ1) is 15.2. The van der Waals surface area contributed by atoms with Crippen LogP contribution < -0.4 is 10.2 Å². The second-order valence-electron chi connectivity index (χ2n) is 8.02. The molecule has 32 heavy (non-hydrogen) atoms. The van der Waals surface area contributed by atoms with E-state index < -0.39 is 17.2 Å². The van der Waals surface area contributed by atoms with Crippen LogP contribution in [0.1, 0.15) is 17.7 Å². The zero-order chi connectivity index (χ0) is 22.8. The predicted octanol–water partition coefficient (Wildman–Crippen LogP) is 2.31. The van der Waals surface area contributed by atoms with Crippen molar-refractivity contribution < 1.29 is 19.5 Å². The maximum atomic E-state index is 13.6. The fourth-order valence-electron chi connectivity index (χ4n) is 4.62. The number of aliphatic hydroxyl groups excluding tert-OH is 1. The molecule has 0 radical (unpaired) electrons. The summed E-state index contributed by atoms with van der Waals surface area (Å²) in [5.74, 6) is -1.23. The van der Waals surface area contributed by atoms with Gasteiger partial charge >= 0.3 is 0 Å². The standard InChI is InChI=1S/C23H19ClN4O4/c1-12-8-19(26-27(12)2)28-11-18(30)20(21(31)13-6-4-3-5-7-13)23(28)14-9-17(29)15(24)10-16(14)25-22(23)32/h3-8,10,31H,9,11H2,1-2H3,(H,25,32). The molecule has 8 nitrogen and oxygen atoms in total. The number of anilines is 1. The number of carbonyl (C=O) groups is 3. The van der Waals surface area contributed by atoms with E-state index in [9.17, 15) is 19.5 Å². The summed E-state index contributed by atoms with van der Waals surface area (Å²) in [5, 5.41) is 18.5. The van der Waals surface area contributed by atoms with E-state index in [1.54, 1.807) is 53.0 Å². The number of benzene rings is 1. The normalized spacial score (nSPS) is 24.3. The lowest BCUT2D eigenvalue weighted by atomic mass is 9.78. The van der Waals surface area contributed by atoms with Crippen molar-refractivity contribution in [2.24, 2.45) is 7.05 Å². The van der Waals surface area contributed by atoms with Crippen LogP contribution in [0.5, 0.6) is 0 Å². The van der Waals surface area contributed by atoms with Crippen LogP contribution in [0.25, 0.3) is 5.76 Å². The van der Waals surface area contributed by atoms with Crippen molar-refractivity contribution in [2.45, 2.75) is 18.9 Å². The highest BCUT2D eigenvalue weighted by Gasteiger charge is 2.64. The summed E-state index contributed by atoms with van der Waals surface area (Å²) in [6.07, 6.45) is 1.24. The molecule has 5 rings (SSSR count). The second kappa shape index (κ2) is 6.93. The van der Waals surface area contributed by atoms with Crippen molar-refractivity contribution in [3.63, 3.8) is 0 Å². The van der Waals surface area contributed by atoms with Crippen LogP contribution in [0.4, 0.5) is 5.82 Å². The average Bonchev–Trinajstić information content (AvgIpc) is 3.36. The molecule has 2 aromatic rings. The fraction of sp³-hybridized carbons (Fsp3) is 0.217. The van der Waals surface area contributed by atoms with Crippen molar-refractivity contribution in [1.82, 2.24) is 15.1 Å². The summed E-state index contributed by atoms with van der Waals surface area (Å²) in [6, 6.07) is 10.3. The largest absolute Gasteiger partial charge is 0.507 e. The third-order valence-electron chi connectivity index (χ3n) is 6.22. The number of allylic oxidation sites excluding steroid dienone is 2. The number of rotatable bonds is 2. The van der Waals surface area contributed by atoms with Crippen LogP contribution in [0.3, 0.4) is 0 Å². The number of nitrogens with zero attached hydrogens (tertiary/aromatic N) is 3. The quantitative estimate of drug-likeness (QED) is 0.537. The maximum absolute atomic E-state index is 13.6. The van der Waals surface area contributed by atoms with E-state index in [0.29, 0.717) is 22.7 Å². The number of halogens is 1. The summed E-state index contributed by atoms with van der Waals surface area (Å²) < 4.78 is 1.64. The number of Topliss-reactive ketones (excluding diaryl/α,β-unsaturated/α-hetero) is 2. The van der Waals surface area contributed by atoms with Crippen molar-refractivity contribution in [3.05, 3.63) is 75.6 Å². The number of aryl methyl sites for hydroxylation is 2. The van der Waals surface area contributed by atoms with Gasteiger partial charge in [0, 0.05) is 42.1 Å². The van der Waals surface area contributed by atoms with E-state index in [4.69, 9.17) is 11.6 Å². The molecule has 1 amide bonds. The minimum Gasteiger partial charge on any atom is -0.507 e. The number of fused-ring (bicyclic) bond motifs is 1. The molecule has 1 saturated heterocycles. The monoisotopic (exact) mass is 450 g/mol. The highest BCUT2D eigenvalue weighted by Crippen LogP contribution is 2.50. The van der Waals surface area contributed by atoms with E-state index >= 15 is 0 Å². The smallest absolute Gasteiger partial charge is 0.259 e. The van der Waals surface area contributed by atoms with Crippen molar-refractivity contribution in [1.29, 1.82) is 0 Å². The van der Waals surface area contributed by atoms with Gasteiger partial charge in [-0.3, -0.25) is 19.1 Å². The van der Waals surface area contributed by atoms with Crippen molar-refractivity contribution in [3.8, 4) is 0 Å². The SMILES string of the molecule is Cc1cc(N2CC(=O)C(=C(O)c3ccccc3)C23C(=O)NC2=C3CC(=O)C(Cl)=C2)nn1C. The molecule has 3 aliphatic rings. The van der Waals surface area contributed by atoms with Gasteiger partial charge in [0.25, 0.3) is 5.91 Å². The van der Waals surface area contributed by atoms with Gasteiger partial charge in [-0.25, -0.2) is 0 Å². The van der Waals surface area contributed by atoms with Gasteiger partial charge in [-0.1, -0.05) is 41.9 Å². The van der Waals surface area contributed by atoms with Gasteiger partial charge in [0.2, 0.25) is 0 Å². The molecule has 1 unspecified atom stereocenters. The Hall–Kier alpha value is -3.65. The molecule has 2 N–H and O–H groups in total. The lowest BCUT2D eigenvalue weighted by Gasteiger charge is -2.35. The van der Waals surface area contributed by atoms with E-state index in [1.807, 2.05) is 6.92 Å². The Labute approximate surface area is 188 Å². The van der Waals surface area contributed by atoms with Crippen LogP contribution in [0, 0.1) is 6.92 Å². The van der Waals surface area contributed by atoms with Gasteiger partial charge in [0.15, 0.2) is 22.9 Å². The molecule has 3 heterocycles. The molecule has 0 bridgehead atoms. The van der Waals surface area contributed by atoms with E-state index in [0.717, 1.165) is 5.69 Å². The van der Waals surface area contributed by atoms with E-state index in [-0.39, 0.29) is 35.1 Å². The number of nitrogens with one attached hydrogen (secondary N) is 1. The summed E-state index contributed by atoms with van der Waals surface area (Å²) >= 11 is 6.05. The molecular weight excluding hydrogens is 432 g/mol. The third kappa shape index (κ3) is 2.62. The van der Waals surface area contributed by atoms with Crippen LogP contribution in [0.2, 0.25) is 0 Å². The zero-order valence-electron chi connectivity index (χ0n) is 17.3. The topological polar surface area (TPSA) is 105 Å². The zero-order valence-corrected chi connectivity index (χ0v) is 18.1.